The van der Waals surface area contributed by atoms with Crippen LogP contribution in [-0.2, 0) is 4.74 Å². The van der Waals surface area contributed by atoms with Crippen molar-refractivity contribution in [1.82, 2.24) is 15.0 Å². The van der Waals surface area contributed by atoms with Gasteiger partial charge in [0.15, 0.2) is 5.82 Å². The van der Waals surface area contributed by atoms with E-state index in [0.29, 0.717) is 30.0 Å². The molecule has 7 heteroatoms. The maximum Gasteiger partial charge on any atom is 0.161 e. The second kappa shape index (κ2) is 5.83. The first-order valence-electron chi connectivity index (χ1n) is 6.74. The van der Waals surface area contributed by atoms with Crippen molar-refractivity contribution in [3.05, 3.63) is 29.5 Å². The van der Waals surface area contributed by atoms with Crippen LogP contribution in [0.25, 0.3) is 11.4 Å². The summed E-state index contributed by atoms with van der Waals surface area (Å²) in [4.78, 5) is 15.1. The van der Waals surface area contributed by atoms with Gasteiger partial charge in [0.25, 0.3) is 0 Å². The van der Waals surface area contributed by atoms with Gasteiger partial charge in [0.05, 0.1) is 19.3 Å². The van der Waals surface area contributed by atoms with Crippen LogP contribution >= 0.6 is 11.6 Å². The fourth-order valence-corrected chi connectivity index (χ4v) is 2.58. The lowest BCUT2D eigenvalue weighted by molar-refractivity contribution is 0.0985. The Balaban J connectivity index is 1.95. The first kappa shape index (κ1) is 14.0. The molecule has 3 heterocycles. The highest BCUT2D eigenvalue weighted by Gasteiger charge is 2.20. The van der Waals surface area contributed by atoms with Crippen LogP contribution in [0.4, 0.5) is 11.6 Å². The molecule has 2 aromatic rings. The average Bonchev–Trinajstić information content (AvgIpc) is 2.47. The molecule has 2 aromatic heterocycles. The van der Waals surface area contributed by atoms with E-state index in [1.165, 1.54) is 0 Å². The Morgan fingerprint density at radius 3 is 3.00 bits per heavy atom. The Hall–Kier alpha value is -1.92. The molecule has 0 aliphatic carbocycles. The maximum absolute atomic E-state index is 5.94. The molecule has 1 saturated heterocycles. The lowest BCUT2D eigenvalue weighted by Gasteiger charge is -2.34. The van der Waals surface area contributed by atoms with Gasteiger partial charge in [-0.2, -0.15) is 0 Å². The van der Waals surface area contributed by atoms with Gasteiger partial charge in [0.2, 0.25) is 0 Å². The first-order chi connectivity index (χ1) is 10.1. The molecule has 1 aliphatic rings. The van der Waals surface area contributed by atoms with Gasteiger partial charge in [-0.05, 0) is 25.1 Å². The fourth-order valence-electron chi connectivity index (χ4n) is 2.36. The Kier molecular flexibility index (Phi) is 3.90. The summed E-state index contributed by atoms with van der Waals surface area (Å²) in [5, 5.41) is 0.332. The molecule has 0 aromatic carbocycles. The minimum absolute atomic E-state index is 0.285. The van der Waals surface area contributed by atoms with E-state index in [1.54, 1.807) is 18.3 Å². The maximum atomic E-state index is 5.94. The van der Waals surface area contributed by atoms with Crippen LogP contribution < -0.4 is 10.6 Å². The van der Waals surface area contributed by atoms with E-state index in [9.17, 15) is 0 Å². The number of anilines is 2. The lowest BCUT2D eigenvalue weighted by atomic mass is 10.2. The van der Waals surface area contributed by atoms with Crippen molar-refractivity contribution in [2.24, 2.45) is 0 Å². The van der Waals surface area contributed by atoms with Crippen molar-refractivity contribution in [2.75, 3.05) is 30.4 Å². The quantitative estimate of drug-likeness (QED) is 0.855. The zero-order chi connectivity index (χ0) is 14.8. The Morgan fingerprint density at radius 2 is 2.24 bits per heavy atom. The van der Waals surface area contributed by atoms with Gasteiger partial charge in [-0.25, -0.2) is 15.0 Å². The number of pyridine rings is 1. The third kappa shape index (κ3) is 3.06. The molecule has 2 N–H and O–H groups in total. The molecular formula is C14H16ClN5O. The Labute approximate surface area is 127 Å². The normalized spacial score (nSPS) is 18.8. The third-order valence-electron chi connectivity index (χ3n) is 3.37. The number of nitrogens with zero attached hydrogens (tertiary/aromatic N) is 4. The Bertz CT molecular complexity index is 631. The summed E-state index contributed by atoms with van der Waals surface area (Å²) in [6.45, 7) is 4.34. The van der Waals surface area contributed by atoms with Crippen molar-refractivity contribution in [1.29, 1.82) is 0 Å². The van der Waals surface area contributed by atoms with Crippen LogP contribution in [0.2, 0.25) is 5.15 Å². The predicted octanol–water partition coefficient (Wildman–Crippen LogP) is 2.00. The number of aromatic nitrogens is 3. The van der Waals surface area contributed by atoms with E-state index in [2.05, 4.69) is 26.8 Å². The lowest BCUT2D eigenvalue weighted by Crippen LogP contribution is -2.44. The second-order valence-electron chi connectivity index (χ2n) is 4.96. The molecule has 0 radical (unpaired) electrons. The SMILES string of the molecule is CC1COCCN1c1ccnc(-c2cc(N)nc(Cl)c2)n1. The van der Waals surface area contributed by atoms with Gasteiger partial charge in [0.1, 0.15) is 16.8 Å². The fraction of sp³-hybridized carbons (Fsp3) is 0.357. The molecule has 0 amide bonds. The number of nitrogens with two attached hydrogens (primary N) is 1. The second-order valence-corrected chi connectivity index (χ2v) is 5.35. The molecule has 110 valence electrons. The molecule has 21 heavy (non-hydrogen) atoms. The molecule has 1 unspecified atom stereocenters. The monoisotopic (exact) mass is 305 g/mol. The van der Waals surface area contributed by atoms with E-state index >= 15 is 0 Å². The van der Waals surface area contributed by atoms with Crippen LogP contribution in [0.15, 0.2) is 24.4 Å². The highest BCUT2D eigenvalue weighted by Crippen LogP contribution is 2.24. The van der Waals surface area contributed by atoms with Gasteiger partial charge in [-0.15, -0.1) is 0 Å². The number of ether oxygens (including phenoxy) is 1. The largest absolute Gasteiger partial charge is 0.384 e. The summed E-state index contributed by atoms with van der Waals surface area (Å²) >= 11 is 5.94. The average molecular weight is 306 g/mol. The number of rotatable bonds is 2. The smallest absolute Gasteiger partial charge is 0.161 e. The van der Waals surface area contributed by atoms with E-state index in [0.717, 1.165) is 17.9 Å². The van der Waals surface area contributed by atoms with E-state index in [4.69, 9.17) is 22.1 Å². The number of morpholine rings is 1. The molecule has 0 bridgehead atoms. The number of halogens is 1. The topological polar surface area (TPSA) is 77.2 Å². The van der Waals surface area contributed by atoms with Gasteiger partial charge < -0.3 is 15.4 Å². The van der Waals surface area contributed by atoms with Gasteiger partial charge >= 0.3 is 0 Å². The van der Waals surface area contributed by atoms with Crippen LogP contribution in [-0.4, -0.2) is 40.8 Å². The zero-order valence-corrected chi connectivity index (χ0v) is 12.4. The summed E-state index contributed by atoms with van der Waals surface area (Å²) in [5.74, 6) is 1.82. The van der Waals surface area contributed by atoms with E-state index in [1.807, 2.05) is 6.07 Å². The van der Waals surface area contributed by atoms with Crippen LogP contribution in [0.5, 0.6) is 0 Å². The molecule has 0 saturated carbocycles. The summed E-state index contributed by atoms with van der Waals surface area (Å²) in [7, 11) is 0. The van der Waals surface area contributed by atoms with Gasteiger partial charge in [-0.1, -0.05) is 11.6 Å². The van der Waals surface area contributed by atoms with Crippen LogP contribution in [0, 0.1) is 0 Å². The summed E-state index contributed by atoms with van der Waals surface area (Å²) < 4.78 is 5.45. The van der Waals surface area contributed by atoms with Crippen LogP contribution in [0.3, 0.4) is 0 Å². The minimum Gasteiger partial charge on any atom is -0.384 e. The highest BCUT2D eigenvalue weighted by molar-refractivity contribution is 6.29. The molecular weight excluding hydrogens is 290 g/mol. The number of hydrogen-bond acceptors (Lipinski definition) is 6. The van der Waals surface area contributed by atoms with Crippen molar-refractivity contribution in [3.63, 3.8) is 0 Å². The number of hydrogen-bond donors (Lipinski definition) is 1. The summed E-state index contributed by atoms with van der Waals surface area (Å²) in [6, 6.07) is 5.61. The standard InChI is InChI=1S/C14H16ClN5O/c1-9-8-21-5-4-20(9)13-2-3-17-14(19-13)10-6-11(15)18-12(16)7-10/h2-3,6-7,9H,4-5,8H2,1H3,(H2,16,18). The zero-order valence-electron chi connectivity index (χ0n) is 11.7. The van der Waals surface area contributed by atoms with Crippen molar-refractivity contribution < 1.29 is 4.74 Å². The third-order valence-corrected chi connectivity index (χ3v) is 3.57. The number of nitrogen functional groups attached to an aromatic ring is 1. The summed E-state index contributed by atoms with van der Waals surface area (Å²) in [5.41, 5.74) is 6.48. The van der Waals surface area contributed by atoms with Crippen LogP contribution in [0.1, 0.15) is 6.92 Å². The first-order valence-corrected chi connectivity index (χ1v) is 7.12. The van der Waals surface area contributed by atoms with Crippen molar-refractivity contribution >= 4 is 23.2 Å². The molecule has 1 aliphatic heterocycles. The molecule has 6 nitrogen and oxygen atoms in total. The Morgan fingerprint density at radius 1 is 1.38 bits per heavy atom. The van der Waals surface area contributed by atoms with Gasteiger partial charge in [-0.3, -0.25) is 0 Å². The van der Waals surface area contributed by atoms with E-state index < -0.39 is 0 Å². The van der Waals surface area contributed by atoms with Crippen molar-refractivity contribution in [3.8, 4) is 11.4 Å². The predicted molar refractivity (Wildman–Crippen MR) is 82.3 cm³/mol. The van der Waals surface area contributed by atoms with Crippen molar-refractivity contribution in [2.45, 2.75) is 13.0 Å². The summed E-state index contributed by atoms with van der Waals surface area (Å²) in [6.07, 6.45) is 1.74. The molecule has 3 rings (SSSR count). The van der Waals surface area contributed by atoms with Gasteiger partial charge in [0, 0.05) is 18.3 Å². The molecule has 1 atom stereocenters. The highest BCUT2D eigenvalue weighted by atomic mass is 35.5. The molecule has 1 fully saturated rings. The van der Waals surface area contributed by atoms with E-state index in [-0.39, 0.29) is 6.04 Å². The minimum atomic E-state index is 0.285. The molecule has 0 spiro atoms.